The maximum Gasteiger partial charge on any atom is 0.124 e. The zero-order valence-corrected chi connectivity index (χ0v) is 8.54. The normalized spacial score (nSPS) is 37.1. The standard InChI is InChI=1S/C14H14O/c15-9-13-11-6-7-12(8-11)14(13)10-4-2-1-3-5-10/h1-7,9,11-14H,8H2/t11-,12+,13+,14+/m0/s1. The van der Waals surface area contributed by atoms with Gasteiger partial charge in [-0.1, -0.05) is 42.5 Å². The Bertz CT molecular complexity index is 393. The summed E-state index contributed by atoms with van der Waals surface area (Å²) < 4.78 is 0. The van der Waals surface area contributed by atoms with E-state index in [1.165, 1.54) is 12.0 Å². The van der Waals surface area contributed by atoms with E-state index < -0.39 is 0 Å². The van der Waals surface area contributed by atoms with Gasteiger partial charge in [-0.25, -0.2) is 0 Å². The van der Waals surface area contributed by atoms with Gasteiger partial charge in [0, 0.05) is 11.8 Å². The number of aldehydes is 1. The molecule has 0 spiro atoms. The molecule has 76 valence electrons. The summed E-state index contributed by atoms with van der Waals surface area (Å²) in [5.74, 6) is 1.73. The maximum absolute atomic E-state index is 11.1. The Hall–Kier alpha value is -1.37. The molecule has 1 fully saturated rings. The number of benzene rings is 1. The molecule has 1 nitrogen and oxygen atoms in total. The largest absolute Gasteiger partial charge is 0.303 e. The van der Waals surface area contributed by atoms with Crippen molar-refractivity contribution in [1.82, 2.24) is 0 Å². The van der Waals surface area contributed by atoms with Crippen molar-refractivity contribution in [2.45, 2.75) is 12.3 Å². The van der Waals surface area contributed by atoms with E-state index in [1.807, 2.05) is 6.07 Å². The molecule has 0 unspecified atom stereocenters. The van der Waals surface area contributed by atoms with Crippen molar-refractivity contribution in [3.8, 4) is 0 Å². The Balaban J connectivity index is 1.99. The first-order valence-electron chi connectivity index (χ1n) is 5.58. The number of carbonyl (C=O) groups is 1. The fourth-order valence-electron chi connectivity index (χ4n) is 3.19. The van der Waals surface area contributed by atoms with Crippen LogP contribution >= 0.6 is 0 Å². The lowest BCUT2D eigenvalue weighted by Gasteiger charge is -2.24. The van der Waals surface area contributed by atoms with Crippen LogP contribution in [0.25, 0.3) is 0 Å². The molecule has 2 aliphatic carbocycles. The number of hydrogen-bond acceptors (Lipinski definition) is 1. The summed E-state index contributed by atoms with van der Waals surface area (Å²) >= 11 is 0. The van der Waals surface area contributed by atoms with Gasteiger partial charge in [0.25, 0.3) is 0 Å². The van der Waals surface area contributed by atoms with Crippen LogP contribution in [-0.2, 0) is 4.79 Å². The van der Waals surface area contributed by atoms with Gasteiger partial charge in [-0.05, 0) is 23.8 Å². The highest BCUT2D eigenvalue weighted by molar-refractivity contribution is 5.59. The lowest BCUT2D eigenvalue weighted by molar-refractivity contribution is -0.112. The van der Waals surface area contributed by atoms with Crippen molar-refractivity contribution >= 4 is 6.29 Å². The third-order valence-corrected chi connectivity index (χ3v) is 3.86. The quantitative estimate of drug-likeness (QED) is 0.527. The first kappa shape index (κ1) is 8.90. The Morgan fingerprint density at radius 3 is 2.53 bits per heavy atom. The summed E-state index contributed by atoms with van der Waals surface area (Å²) in [5.41, 5.74) is 1.33. The third-order valence-electron chi connectivity index (χ3n) is 3.86. The van der Waals surface area contributed by atoms with Crippen molar-refractivity contribution < 1.29 is 4.79 Å². The lowest BCUT2D eigenvalue weighted by Crippen LogP contribution is -2.18. The fraction of sp³-hybridized carbons (Fsp3) is 0.357. The van der Waals surface area contributed by atoms with Gasteiger partial charge in [0.15, 0.2) is 0 Å². The summed E-state index contributed by atoms with van der Waals surface area (Å²) in [5, 5.41) is 0. The van der Waals surface area contributed by atoms with Crippen LogP contribution in [-0.4, -0.2) is 6.29 Å². The van der Waals surface area contributed by atoms with Crippen LogP contribution in [0.3, 0.4) is 0 Å². The van der Waals surface area contributed by atoms with E-state index in [4.69, 9.17) is 0 Å². The molecule has 1 heteroatoms. The molecule has 0 N–H and O–H groups in total. The number of rotatable bonds is 2. The van der Waals surface area contributed by atoms with Crippen LogP contribution in [0.2, 0.25) is 0 Å². The fourth-order valence-corrected chi connectivity index (χ4v) is 3.19. The molecule has 15 heavy (non-hydrogen) atoms. The van der Waals surface area contributed by atoms with Crippen molar-refractivity contribution in [3.05, 3.63) is 48.0 Å². The van der Waals surface area contributed by atoms with Crippen molar-refractivity contribution in [2.24, 2.45) is 17.8 Å². The van der Waals surface area contributed by atoms with Crippen molar-refractivity contribution in [2.75, 3.05) is 0 Å². The molecule has 1 aromatic rings. The van der Waals surface area contributed by atoms with Gasteiger partial charge in [0.05, 0.1) is 0 Å². The molecular formula is C14H14O. The monoisotopic (exact) mass is 198 g/mol. The Labute approximate surface area is 89.8 Å². The minimum Gasteiger partial charge on any atom is -0.303 e. The summed E-state index contributed by atoms with van der Waals surface area (Å²) in [6.07, 6.45) is 6.85. The Kier molecular flexibility index (Phi) is 1.98. The summed E-state index contributed by atoms with van der Waals surface area (Å²) in [4.78, 5) is 11.1. The third kappa shape index (κ3) is 1.26. The predicted octanol–water partition coefficient (Wildman–Crippen LogP) is 2.79. The molecule has 0 saturated heterocycles. The zero-order valence-electron chi connectivity index (χ0n) is 8.54. The maximum atomic E-state index is 11.1. The summed E-state index contributed by atoms with van der Waals surface area (Å²) in [6, 6.07) is 10.5. The highest BCUT2D eigenvalue weighted by Gasteiger charge is 2.44. The van der Waals surface area contributed by atoms with Gasteiger partial charge in [0.2, 0.25) is 0 Å². The van der Waals surface area contributed by atoms with Crippen molar-refractivity contribution in [1.29, 1.82) is 0 Å². The van der Waals surface area contributed by atoms with Gasteiger partial charge in [0.1, 0.15) is 6.29 Å². The molecule has 2 aliphatic rings. The van der Waals surface area contributed by atoms with Crippen LogP contribution in [0.5, 0.6) is 0 Å². The molecule has 0 aliphatic heterocycles. The minimum atomic E-state index is 0.211. The smallest absolute Gasteiger partial charge is 0.124 e. The average molecular weight is 198 g/mol. The van der Waals surface area contributed by atoms with Gasteiger partial charge in [-0.2, -0.15) is 0 Å². The molecule has 2 bridgehead atoms. The lowest BCUT2D eigenvalue weighted by atomic mass is 9.79. The van der Waals surface area contributed by atoms with E-state index in [-0.39, 0.29) is 5.92 Å². The van der Waals surface area contributed by atoms with E-state index in [0.717, 1.165) is 6.29 Å². The topological polar surface area (TPSA) is 17.1 Å². The molecule has 1 saturated carbocycles. The Morgan fingerprint density at radius 1 is 1.07 bits per heavy atom. The van der Waals surface area contributed by atoms with E-state index in [1.54, 1.807) is 0 Å². The SMILES string of the molecule is O=C[C@H]1[C@H](c2ccccc2)[C@@H]2C=C[C@H]1C2. The van der Waals surface area contributed by atoms with Crippen LogP contribution < -0.4 is 0 Å². The van der Waals surface area contributed by atoms with Crippen LogP contribution in [0, 0.1) is 17.8 Å². The predicted molar refractivity (Wildman–Crippen MR) is 59.5 cm³/mol. The van der Waals surface area contributed by atoms with Crippen LogP contribution in [0.15, 0.2) is 42.5 Å². The van der Waals surface area contributed by atoms with E-state index >= 15 is 0 Å². The second-order valence-electron chi connectivity index (χ2n) is 4.60. The van der Waals surface area contributed by atoms with Crippen LogP contribution in [0.1, 0.15) is 17.9 Å². The highest BCUT2D eigenvalue weighted by Crippen LogP contribution is 2.51. The first-order valence-corrected chi connectivity index (χ1v) is 5.58. The summed E-state index contributed by atoms with van der Waals surface area (Å²) in [6.45, 7) is 0. The zero-order chi connectivity index (χ0) is 10.3. The van der Waals surface area contributed by atoms with E-state index in [9.17, 15) is 4.79 Å². The number of fused-ring (bicyclic) bond motifs is 2. The van der Waals surface area contributed by atoms with E-state index in [0.29, 0.717) is 17.8 Å². The molecule has 3 rings (SSSR count). The Morgan fingerprint density at radius 2 is 1.80 bits per heavy atom. The number of carbonyl (C=O) groups excluding carboxylic acids is 1. The number of allylic oxidation sites excluding steroid dienone is 2. The van der Waals surface area contributed by atoms with Gasteiger partial charge < -0.3 is 4.79 Å². The van der Waals surface area contributed by atoms with Crippen LogP contribution in [0.4, 0.5) is 0 Å². The van der Waals surface area contributed by atoms with Crippen molar-refractivity contribution in [3.63, 3.8) is 0 Å². The highest BCUT2D eigenvalue weighted by atomic mass is 16.1. The van der Waals surface area contributed by atoms with Gasteiger partial charge in [-0.15, -0.1) is 0 Å². The molecular weight excluding hydrogens is 184 g/mol. The molecule has 4 atom stereocenters. The van der Waals surface area contributed by atoms with E-state index in [2.05, 4.69) is 36.4 Å². The summed E-state index contributed by atoms with van der Waals surface area (Å²) in [7, 11) is 0. The van der Waals surface area contributed by atoms with Gasteiger partial charge >= 0.3 is 0 Å². The molecule has 0 aromatic heterocycles. The molecule has 1 aromatic carbocycles. The minimum absolute atomic E-state index is 0.211. The molecule has 0 radical (unpaired) electrons. The molecule has 0 heterocycles. The number of hydrogen-bond donors (Lipinski definition) is 0. The second kappa shape index (κ2) is 3.34. The van der Waals surface area contributed by atoms with Gasteiger partial charge in [-0.3, -0.25) is 0 Å². The second-order valence-corrected chi connectivity index (χ2v) is 4.60. The average Bonchev–Trinajstić information content (AvgIpc) is 2.89. The molecule has 0 amide bonds. The first-order chi connectivity index (χ1) is 7.40.